The number of carbonyl (C=O) groups is 1. The van der Waals surface area contributed by atoms with E-state index < -0.39 is 16.9 Å². The van der Waals surface area contributed by atoms with Gasteiger partial charge in [-0.25, -0.2) is 4.79 Å². The van der Waals surface area contributed by atoms with Crippen LogP contribution in [0.3, 0.4) is 0 Å². The van der Waals surface area contributed by atoms with Crippen molar-refractivity contribution in [3.8, 4) is 5.69 Å². The zero-order valence-corrected chi connectivity index (χ0v) is 18.0. The fourth-order valence-electron chi connectivity index (χ4n) is 3.02. The number of nitrogens with one attached hydrogen (secondary N) is 1. The van der Waals surface area contributed by atoms with Gasteiger partial charge in [0.1, 0.15) is 6.20 Å². The summed E-state index contributed by atoms with van der Waals surface area (Å²) in [4.78, 5) is 37.5. The average molecular weight is 443 g/mol. The number of rotatable bonds is 7. The Bertz CT molecular complexity index is 1200. The fourth-order valence-corrected chi connectivity index (χ4v) is 3.23. The summed E-state index contributed by atoms with van der Waals surface area (Å²) < 4.78 is 1.88. The Morgan fingerprint density at radius 2 is 1.87 bits per heavy atom. The summed E-state index contributed by atoms with van der Waals surface area (Å²) in [5.74, 6) is -0.388. The number of hydrogen-bond acceptors (Lipinski definition) is 5. The van der Waals surface area contributed by atoms with E-state index in [1.165, 1.54) is 32.0 Å². The Morgan fingerprint density at radius 3 is 2.55 bits per heavy atom. The highest BCUT2D eigenvalue weighted by Crippen LogP contribution is 2.19. The lowest BCUT2D eigenvalue weighted by Gasteiger charge is -2.18. The van der Waals surface area contributed by atoms with Crippen LogP contribution in [0.15, 0.2) is 64.3 Å². The van der Waals surface area contributed by atoms with Gasteiger partial charge in [0, 0.05) is 6.54 Å². The van der Waals surface area contributed by atoms with E-state index in [-0.39, 0.29) is 28.7 Å². The minimum Gasteiger partial charge on any atom is -0.389 e. The summed E-state index contributed by atoms with van der Waals surface area (Å²) in [5, 5.41) is 16.9. The second-order valence-corrected chi connectivity index (χ2v) is 8.14. The largest absolute Gasteiger partial charge is 0.389 e. The van der Waals surface area contributed by atoms with Crippen LogP contribution >= 0.6 is 11.6 Å². The van der Waals surface area contributed by atoms with Gasteiger partial charge in [-0.05, 0) is 44.0 Å². The van der Waals surface area contributed by atoms with Crippen molar-refractivity contribution in [2.75, 3.05) is 6.54 Å². The van der Waals surface area contributed by atoms with Gasteiger partial charge in [0.05, 0.1) is 28.4 Å². The molecule has 31 heavy (non-hydrogen) atoms. The van der Waals surface area contributed by atoms with Crippen molar-refractivity contribution in [2.24, 2.45) is 0 Å². The first-order valence-electron chi connectivity index (χ1n) is 9.69. The Morgan fingerprint density at radius 1 is 1.16 bits per heavy atom. The van der Waals surface area contributed by atoms with Crippen LogP contribution in [-0.2, 0) is 13.0 Å². The van der Waals surface area contributed by atoms with Gasteiger partial charge >= 0.3 is 5.69 Å². The van der Waals surface area contributed by atoms with E-state index in [1.54, 1.807) is 0 Å². The molecule has 0 aliphatic carbocycles. The van der Waals surface area contributed by atoms with Gasteiger partial charge in [-0.2, -0.15) is 9.78 Å². The van der Waals surface area contributed by atoms with Gasteiger partial charge < -0.3 is 10.4 Å². The third kappa shape index (κ3) is 5.68. The second kappa shape index (κ2) is 9.28. The molecule has 0 saturated carbocycles. The Balaban J connectivity index is 1.85. The van der Waals surface area contributed by atoms with Crippen molar-refractivity contribution in [3.63, 3.8) is 0 Å². The molecule has 2 aromatic carbocycles. The number of nitrogens with zero attached hydrogens (tertiary/aromatic N) is 3. The molecule has 0 aliphatic heterocycles. The van der Waals surface area contributed by atoms with Crippen molar-refractivity contribution in [1.82, 2.24) is 19.7 Å². The lowest BCUT2D eigenvalue weighted by molar-refractivity contribution is 0.0585. The average Bonchev–Trinajstić information content (AvgIpc) is 2.72. The monoisotopic (exact) mass is 442 g/mol. The molecule has 3 rings (SSSR count). The third-order valence-electron chi connectivity index (χ3n) is 4.49. The Labute approximate surface area is 183 Å². The number of benzene rings is 2. The molecule has 1 amide bonds. The van der Waals surface area contributed by atoms with E-state index in [0.717, 1.165) is 21.0 Å². The normalized spacial score (nSPS) is 11.4. The van der Waals surface area contributed by atoms with Crippen LogP contribution < -0.4 is 16.6 Å². The van der Waals surface area contributed by atoms with Crippen LogP contribution in [0, 0.1) is 0 Å². The minimum absolute atomic E-state index is 0.182. The SMILES string of the molecule is CC(C)(O)Cn1c(=O)cnn(-c2ccc(Cl)c(C(=O)NCCc3ccccc3)c2)c1=O. The van der Waals surface area contributed by atoms with Gasteiger partial charge in [-0.1, -0.05) is 41.9 Å². The van der Waals surface area contributed by atoms with Crippen molar-refractivity contribution in [1.29, 1.82) is 0 Å². The first-order valence-corrected chi connectivity index (χ1v) is 10.1. The molecule has 0 bridgehead atoms. The molecule has 0 radical (unpaired) electrons. The van der Waals surface area contributed by atoms with Crippen LogP contribution in [0.25, 0.3) is 5.69 Å². The van der Waals surface area contributed by atoms with Gasteiger partial charge in [-0.15, -0.1) is 0 Å². The van der Waals surface area contributed by atoms with Crippen molar-refractivity contribution >= 4 is 17.5 Å². The highest BCUT2D eigenvalue weighted by atomic mass is 35.5. The molecular weight excluding hydrogens is 420 g/mol. The molecule has 8 nitrogen and oxygen atoms in total. The maximum Gasteiger partial charge on any atom is 0.352 e. The van der Waals surface area contributed by atoms with Crippen LogP contribution in [0.4, 0.5) is 0 Å². The standard InChI is InChI=1S/C22H23ClN4O4/c1-22(2,31)14-26-19(28)13-25-27(21(26)30)16-8-9-18(23)17(12-16)20(29)24-11-10-15-6-4-3-5-7-15/h3-9,12-13,31H,10-11,14H2,1-2H3,(H,24,29). The van der Waals surface area contributed by atoms with Crippen LogP contribution in [0.5, 0.6) is 0 Å². The quantitative estimate of drug-likeness (QED) is 0.580. The summed E-state index contributed by atoms with van der Waals surface area (Å²) in [7, 11) is 0. The van der Waals surface area contributed by atoms with E-state index in [2.05, 4.69) is 10.4 Å². The summed E-state index contributed by atoms with van der Waals surface area (Å²) in [6.45, 7) is 3.19. The van der Waals surface area contributed by atoms with E-state index >= 15 is 0 Å². The molecule has 0 atom stereocenters. The predicted octanol–water partition coefficient (Wildman–Crippen LogP) is 1.79. The number of amides is 1. The third-order valence-corrected chi connectivity index (χ3v) is 4.82. The number of aromatic nitrogens is 3. The Hall–Kier alpha value is -3.23. The zero-order valence-electron chi connectivity index (χ0n) is 17.2. The van der Waals surface area contributed by atoms with E-state index in [0.29, 0.717) is 13.0 Å². The topological polar surface area (TPSA) is 106 Å². The molecule has 2 N–H and O–H groups in total. The molecular formula is C22H23ClN4O4. The maximum atomic E-state index is 12.8. The summed E-state index contributed by atoms with van der Waals surface area (Å²) in [6.07, 6.45) is 1.65. The molecule has 0 saturated heterocycles. The highest BCUT2D eigenvalue weighted by molar-refractivity contribution is 6.33. The molecule has 3 aromatic rings. The molecule has 1 aromatic heterocycles. The number of carbonyl (C=O) groups excluding carboxylic acids is 1. The van der Waals surface area contributed by atoms with Crippen molar-refractivity contribution in [2.45, 2.75) is 32.4 Å². The van der Waals surface area contributed by atoms with Crippen molar-refractivity contribution in [3.05, 3.63) is 91.7 Å². The van der Waals surface area contributed by atoms with Gasteiger partial charge in [0.25, 0.3) is 11.5 Å². The molecule has 9 heteroatoms. The van der Waals surface area contributed by atoms with Crippen LogP contribution in [0.1, 0.15) is 29.8 Å². The zero-order chi connectivity index (χ0) is 22.6. The van der Waals surface area contributed by atoms with Crippen molar-refractivity contribution < 1.29 is 9.90 Å². The lowest BCUT2D eigenvalue weighted by Crippen LogP contribution is -2.44. The van der Waals surface area contributed by atoms with Crippen LogP contribution in [0.2, 0.25) is 5.02 Å². The molecule has 0 aliphatic rings. The van der Waals surface area contributed by atoms with E-state index in [9.17, 15) is 19.5 Å². The Kier molecular flexibility index (Phi) is 6.72. The van der Waals surface area contributed by atoms with E-state index in [1.807, 2.05) is 30.3 Å². The fraction of sp³-hybridized carbons (Fsp3) is 0.273. The van der Waals surface area contributed by atoms with E-state index in [4.69, 9.17) is 11.6 Å². The van der Waals surface area contributed by atoms with Crippen LogP contribution in [-0.4, -0.2) is 37.5 Å². The van der Waals surface area contributed by atoms with Gasteiger partial charge in [0.15, 0.2) is 0 Å². The second-order valence-electron chi connectivity index (χ2n) is 7.73. The minimum atomic E-state index is -1.27. The molecule has 0 spiro atoms. The first-order chi connectivity index (χ1) is 14.7. The predicted molar refractivity (Wildman–Crippen MR) is 118 cm³/mol. The number of hydrogen-bond donors (Lipinski definition) is 2. The lowest BCUT2D eigenvalue weighted by atomic mass is 10.1. The highest BCUT2D eigenvalue weighted by Gasteiger charge is 2.19. The van der Waals surface area contributed by atoms with Gasteiger partial charge in [0.2, 0.25) is 0 Å². The first kappa shape index (κ1) is 22.5. The molecule has 0 fully saturated rings. The summed E-state index contributed by atoms with van der Waals surface area (Å²) in [6, 6.07) is 14.2. The number of aliphatic hydroxyl groups is 1. The smallest absolute Gasteiger partial charge is 0.352 e. The number of halogens is 1. The van der Waals surface area contributed by atoms with Gasteiger partial charge in [-0.3, -0.25) is 14.2 Å². The molecule has 0 unspecified atom stereocenters. The molecule has 1 heterocycles. The maximum absolute atomic E-state index is 12.8. The summed E-state index contributed by atoms with van der Waals surface area (Å²) in [5.41, 5.74) is -1.09. The summed E-state index contributed by atoms with van der Waals surface area (Å²) >= 11 is 6.20. The molecule has 162 valence electrons.